The van der Waals surface area contributed by atoms with E-state index in [2.05, 4.69) is 10.6 Å². The molecular formula is C17H16ClN3O5S. The molecular weight excluding hydrogens is 394 g/mol. The van der Waals surface area contributed by atoms with Gasteiger partial charge in [0.15, 0.2) is 16.6 Å². The Kier molecular flexibility index (Phi) is 6.91. The molecule has 2 aromatic rings. The number of nitrogens with one attached hydrogen (secondary N) is 2. The first-order valence-electron chi connectivity index (χ1n) is 7.59. The van der Waals surface area contributed by atoms with Gasteiger partial charge in [-0.2, -0.15) is 0 Å². The minimum atomic E-state index is -0.541. The fourth-order valence-corrected chi connectivity index (χ4v) is 2.55. The van der Waals surface area contributed by atoms with Crippen molar-refractivity contribution in [3.63, 3.8) is 0 Å². The van der Waals surface area contributed by atoms with Crippen molar-refractivity contribution in [1.82, 2.24) is 10.6 Å². The first kappa shape index (κ1) is 20.4. The van der Waals surface area contributed by atoms with Gasteiger partial charge >= 0.3 is 0 Å². The highest BCUT2D eigenvalue weighted by Crippen LogP contribution is 2.32. The fourth-order valence-electron chi connectivity index (χ4n) is 2.16. The van der Waals surface area contributed by atoms with Gasteiger partial charge in [0, 0.05) is 35.3 Å². The predicted molar refractivity (Wildman–Crippen MR) is 105 cm³/mol. The number of nitrogens with zero attached hydrogens (tertiary/aromatic N) is 1. The third kappa shape index (κ3) is 5.28. The molecule has 0 heterocycles. The van der Waals surface area contributed by atoms with Crippen LogP contribution >= 0.6 is 23.8 Å². The number of methoxy groups -OCH3 is 2. The minimum Gasteiger partial charge on any atom is -0.493 e. The summed E-state index contributed by atoms with van der Waals surface area (Å²) in [4.78, 5) is 22.2. The maximum atomic E-state index is 12.1. The monoisotopic (exact) mass is 409 g/mol. The van der Waals surface area contributed by atoms with Gasteiger partial charge in [-0.05, 0) is 36.0 Å². The van der Waals surface area contributed by atoms with Crippen LogP contribution in [0.15, 0.2) is 36.4 Å². The molecule has 0 aliphatic carbocycles. The highest BCUT2D eigenvalue weighted by atomic mass is 35.5. The van der Waals surface area contributed by atoms with Gasteiger partial charge in [-0.3, -0.25) is 20.2 Å². The van der Waals surface area contributed by atoms with Crippen LogP contribution in [0.1, 0.15) is 15.9 Å². The summed E-state index contributed by atoms with van der Waals surface area (Å²) in [7, 11) is 3.02. The molecule has 0 atom stereocenters. The average molecular weight is 410 g/mol. The maximum absolute atomic E-state index is 12.1. The molecule has 0 spiro atoms. The Bertz CT molecular complexity index is 874. The number of carbonyl (C=O) groups excluding carboxylic acids is 1. The average Bonchev–Trinajstić information content (AvgIpc) is 2.66. The number of amides is 1. The van der Waals surface area contributed by atoms with E-state index in [-0.39, 0.29) is 22.9 Å². The summed E-state index contributed by atoms with van der Waals surface area (Å²) in [6.07, 6.45) is 0. The molecule has 0 aliphatic heterocycles. The summed E-state index contributed by atoms with van der Waals surface area (Å²) < 4.78 is 10.4. The minimum absolute atomic E-state index is 0.0872. The Balaban J connectivity index is 1.98. The summed E-state index contributed by atoms with van der Waals surface area (Å²) in [6.45, 7) is 0.249. The van der Waals surface area contributed by atoms with Crippen LogP contribution in [0.5, 0.6) is 11.5 Å². The van der Waals surface area contributed by atoms with Gasteiger partial charge in [0.2, 0.25) is 0 Å². The predicted octanol–water partition coefficient (Wildman–Crippen LogP) is 3.07. The molecule has 8 nitrogen and oxygen atoms in total. The van der Waals surface area contributed by atoms with Crippen LogP contribution in [-0.4, -0.2) is 30.2 Å². The topological polar surface area (TPSA) is 103 Å². The second kappa shape index (κ2) is 9.15. The zero-order chi connectivity index (χ0) is 20.0. The number of halogens is 1. The van der Waals surface area contributed by atoms with E-state index in [0.29, 0.717) is 22.1 Å². The van der Waals surface area contributed by atoms with Crippen molar-refractivity contribution < 1.29 is 19.2 Å². The molecule has 0 fully saturated rings. The lowest BCUT2D eigenvalue weighted by molar-refractivity contribution is -0.384. The quantitative estimate of drug-likeness (QED) is 0.429. The third-order valence-electron chi connectivity index (χ3n) is 3.56. The van der Waals surface area contributed by atoms with Crippen molar-refractivity contribution in [2.45, 2.75) is 6.54 Å². The van der Waals surface area contributed by atoms with Crippen LogP contribution in [0, 0.1) is 10.1 Å². The lowest BCUT2D eigenvalue weighted by atomic mass is 10.2. The number of hydrogen-bond donors (Lipinski definition) is 2. The molecule has 2 aromatic carbocycles. The maximum Gasteiger partial charge on any atom is 0.269 e. The Morgan fingerprint density at radius 1 is 1.19 bits per heavy atom. The second-order valence-corrected chi connectivity index (χ2v) is 6.05. The van der Waals surface area contributed by atoms with E-state index in [1.165, 1.54) is 38.5 Å². The number of non-ortho nitro benzene ring substituents is 1. The number of rotatable bonds is 6. The summed E-state index contributed by atoms with van der Waals surface area (Å²) in [6, 6.07) is 8.51. The molecule has 2 rings (SSSR count). The van der Waals surface area contributed by atoms with Gasteiger partial charge in [-0.1, -0.05) is 11.6 Å². The Labute approximate surface area is 165 Å². The van der Waals surface area contributed by atoms with Gasteiger partial charge in [-0.25, -0.2) is 0 Å². The van der Waals surface area contributed by atoms with E-state index in [4.69, 9.17) is 33.3 Å². The first-order valence-corrected chi connectivity index (χ1v) is 8.38. The van der Waals surface area contributed by atoms with E-state index < -0.39 is 10.8 Å². The number of benzene rings is 2. The van der Waals surface area contributed by atoms with Crippen molar-refractivity contribution in [1.29, 1.82) is 0 Å². The molecule has 1 amide bonds. The molecule has 0 unspecified atom stereocenters. The fraction of sp³-hybridized carbons (Fsp3) is 0.176. The van der Waals surface area contributed by atoms with Gasteiger partial charge in [0.05, 0.1) is 19.1 Å². The molecule has 0 saturated heterocycles. The number of nitro benzene ring substituents is 1. The molecule has 0 bridgehead atoms. The smallest absolute Gasteiger partial charge is 0.269 e. The third-order valence-corrected chi connectivity index (χ3v) is 4.16. The molecule has 0 saturated carbocycles. The van der Waals surface area contributed by atoms with Crippen molar-refractivity contribution >= 4 is 40.5 Å². The SMILES string of the molecule is COc1cc(Cl)c(CNC(=S)NC(=O)c2ccc([N+](=O)[O-])cc2)cc1OC. The highest BCUT2D eigenvalue weighted by Gasteiger charge is 2.13. The molecule has 27 heavy (non-hydrogen) atoms. The summed E-state index contributed by atoms with van der Waals surface area (Å²) >= 11 is 11.3. The standard InChI is InChI=1S/C17H16ClN3O5S/c1-25-14-7-11(13(18)8-15(14)26-2)9-19-17(27)20-16(22)10-3-5-12(6-4-10)21(23)24/h3-8H,9H2,1-2H3,(H2,19,20,22,27). The van der Waals surface area contributed by atoms with E-state index in [9.17, 15) is 14.9 Å². The Hall–Kier alpha value is -2.91. The lowest BCUT2D eigenvalue weighted by Gasteiger charge is -2.13. The second-order valence-electron chi connectivity index (χ2n) is 5.24. The van der Waals surface area contributed by atoms with Gasteiger partial charge in [-0.15, -0.1) is 0 Å². The van der Waals surface area contributed by atoms with Gasteiger partial charge < -0.3 is 14.8 Å². The molecule has 0 aromatic heterocycles. The van der Waals surface area contributed by atoms with Gasteiger partial charge in [0.25, 0.3) is 11.6 Å². The normalized spacial score (nSPS) is 10.0. The van der Waals surface area contributed by atoms with Crippen molar-refractivity contribution in [3.8, 4) is 11.5 Å². The van der Waals surface area contributed by atoms with E-state index in [1.54, 1.807) is 12.1 Å². The molecule has 0 radical (unpaired) electrons. The largest absolute Gasteiger partial charge is 0.493 e. The number of thiocarbonyl (C=S) groups is 1. The van der Waals surface area contributed by atoms with Crippen molar-refractivity contribution in [3.05, 3.63) is 62.7 Å². The Morgan fingerprint density at radius 3 is 2.33 bits per heavy atom. The molecule has 10 heteroatoms. The van der Waals surface area contributed by atoms with Crippen LogP contribution < -0.4 is 20.1 Å². The number of hydrogen-bond acceptors (Lipinski definition) is 6. The number of nitro groups is 1. The zero-order valence-corrected chi connectivity index (χ0v) is 16.0. The number of ether oxygens (including phenoxy) is 2. The first-order chi connectivity index (χ1) is 12.8. The van der Waals surface area contributed by atoms with Crippen LogP contribution in [0.4, 0.5) is 5.69 Å². The number of carbonyl (C=O) groups is 1. The van der Waals surface area contributed by atoms with E-state index in [1.807, 2.05) is 0 Å². The highest BCUT2D eigenvalue weighted by molar-refractivity contribution is 7.80. The Morgan fingerprint density at radius 2 is 1.78 bits per heavy atom. The molecule has 0 aliphatic rings. The van der Waals surface area contributed by atoms with E-state index >= 15 is 0 Å². The van der Waals surface area contributed by atoms with Crippen molar-refractivity contribution in [2.24, 2.45) is 0 Å². The van der Waals surface area contributed by atoms with Crippen LogP contribution in [0.3, 0.4) is 0 Å². The lowest BCUT2D eigenvalue weighted by Crippen LogP contribution is -2.38. The zero-order valence-electron chi connectivity index (χ0n) is 14.4. The van der Waals surface area contributed by atoms with Crippen LogP contribution in [0.25, 0.3) is 0 Å². The van der Waals surface area contributed by atoms with Crippen LogP contribution in [0.2, 0.25) is 5.02 Å². The summed E-state index contributed by atoms with van der Waals surface area (Å²) in [5, 5.41) is 16.5. The van der Waals surface area contributed by atoms with Gasteiger partial charge in [0.1, 0.15) is 0 Å². The van der Waals surface area contributed by atoms with Crippen molar-refractivity contribution in [2.75, 3.05) is 14.2 Å². The summed E-state index contributed by atoms with van der Waals surface area (Å²) in [5.74, 6) is 0.528. The molecule has 142 valence electrons. The summed E-state index contributed by atoms with van der Waals surface area (Å²) in [5.41, 5.74) is 0.838. The molecule has 2 N–H and O–H groups in total. The van der Waals surface area contributed by atoms with E-state index in [0.717, 1.165) is 0 Å². The van der Waals surface area contributed by atoms with Crippen LogP contribution in [-0.2, 0) is 6.54 Å².